The van der Waals surface area contributed by atoms with Gasteiger partial charge in [0.05, 0.1) is 0 Å². The van der Waals surface area contributed by atoms with Gasteiger partial charge in [-0.05, 0) is 13.8 Å². The number of benzene rings is 2. The van der Waals surface area contributed by atoms with Crippen LogP contribution in [0.2, 0.25) is 0 Å². The third-order valence-corrected chi connectivity index (χ3v) is 3.07. The molecule has 0 spiro atoms. The van der Waals surface area contributed by atoms with E-state index in [1.54, 1.807) is 0 Å². The molecule has 2 aromatic carbocycles. The highest BCUT2D eigenvalue weighted by atomic mass is 16.4. The first-order valence-corrected chi connectivity index (χ1v) is 6.24. The first kappa shape index (κ1) is 13.8. The van der Waals surface area contributed by atoms with Crippen LogP contribution in [0, 0.1) is 13.8 Å². The fourth-order valence-corrected chi connectivity index (χ4v) is 1.91. The number of oxime groups is 2. The quantitative estimate of drug-likeness (QED) is 0.509. The summed E-state index contributed by atoms with van der Waals surface area (Å²) in [5.41, 5.74) is 4.04. The van der Waals surface area contributed by atoms with Gasteiger partial charge in [-0.1, -0.05) is 70.0 Å². The largest absolute Gasteiger partial charge is 0.410 e. The number of nitrogens with zero attached hydrogens (tertiary/aromatic N) is 2. The number of aryl methyl sites for hydroxylation is 2. The first-order chi connectivity index (χ1) is 9.65. The Morgan fingerprint density at radius 2 is 0.950 bits per heavy atom. The normalized spacial score (nSPS) is 12.5. The van der Waals surface area contributed by atoms with Crippen LogP contribution in [-0.2, 0) is 0 Å². The van der Waals surface area contributed by atoms with Gasteiger partial charge >= 0.3 is 0 Å². The molecular weight excluding hydrogens is 252 g/mol. The van der Waals surface area contributed by atoms with Crippen LogP contribution >= 0.6 is 0 Å². The van der Waals surface area contributed by atoms with E-state index in [9.17, 15) is 10.4 Å². The van der Waals surface area contributed by atoms with E-state index in [4.69, 9.17) is 0 Å². The predicted molar refractivity (Wildman–Crippen MR) is 79.0 cm³/mol. The van der Waals surface area contributed by atoms with Gasteiger partial charge in [0.15, 0.2) is 0 Å². The molecule has 20 heavy (non-hydrogen) atoms. The molecule has 0 aliphatic carbocycles. The maximum Gasteiger partial charge on any atom is 0.139 e. The van der Waals surface area contributed by atoms with Gasteiger partial charge in [-0.3, -0.25) is 0 Å². The summed E-state index contributed by atoms with van der Waals surface area (Å²) in [6, 6.07) is 14.9. The monoisotopic (exact) mass is 268 g/mol. The van der Waals surface area contributed by atoms with Gasteiger partial charge in [0.1, 0.15) is 11.4 Å². The summed E-state index contributed by atoms with van der Waals surface area (Å²) in [7, 11) is 0. The van der Waals surface area contributed by atoms with E-state index in [-0.39, 0.29) is 11.4 Å². The van der Waals surface area contributed by atoms with Crippen molar-refractivity contribution in [3.05, 3.63) is 70.8 Å². The fraction of sp³-hybridized carbons (Fsp3) is 0.125. The summed E-state index contributed by atoms with van der Waals surface area (Å²) < 4.78 is 0. The van der Waals surface area contributed by atoms with Crippen LogP contribution in [0.15, 0.2) is 58.8 Å². The molecule has 0 fully saturated rings. The molecule has 0 radical (unpaired) electrons. The Morgan fingerprint density at radius 1 is 0.650 bits per heavy atom. The Morgan fingerprint density at radius 3 is 1.20 bits per heavy atom. The standard InChI is InChI=1S/C16H16N2O2/c1-11-3-7-13(8-4-11)15(17-19)16(18-20)14-9-5-12(2)6-10-14/h3-10,19-20H,1-2H3/b17-15-,18-16+. The zero-order valence-electron chi connectivity index (χ0n) is 11.4. The Labute approximate surface area is 117 Å². The van der Waals surface area contributed by atoms with Crippen LogP contribution in [0.5, 0.6) is 0 Å². The lowest BCUT2D eigenvalue weighted by Gasteiger charge is -2.08. The molecule has 2 rings (SSSR count). The second kappa shape index (κ2) is 6.02. The van der Waals surface area contributed by atoms with Gasteiger partial charge in [-0.25, -0.2) is 0 Å². The molecule has 0 atom stereocenters. The highest BCUT2D eigenvalue weighted by molar-refractivity contribution is 6.53. The Bertz CT molecular complexity index is 582. The lowest BCUT2D eigenvalue weighted by molar-refractivity contribution is 0.314. The van der Waals surface area contributed by atoms with Gasteiger partial charge in [0.2, 0.25) is 0 Å². The number of hydrogen-bond acceptors (Lipinski definition) is 4. The average Bonchev–Trinajstić information content (AvgIpc) is 2.47. The Balaban J connectivity index is 2.44. The molecule has 4 nitrogen and oxygen atoms in total. The van der Waals surface area contributed by atoms with Crippen molar-refractivity contribution in [1.29, 1.82) is 0 Å². The van der Waals surface area contributed by atoms with Gasteiger partial charge in [-0.2, -0.15) is 0 Å². The van der Waals surface area contributed by atoms with E-state index in [0.29, 0.717) is 11.1 Å². The van der Waals surface area contributed by atoms with E-state index < -0.39 is 0 Å². The molecule has 2 N–H and O–H groups in total. The maximum absolute atomic E-state index is 9.26. The minimum atomic E-state index is 0.233. The van der Waals surface area contributed by atoms with Crippen molar-refractivity contribution in [3.63, 3.8) is 0 Å². The summed E-state index contributed by atoms with van der Waals surface area (Å²) in [6.07, 6.45) is 0. The third kappa shape index (κ3) is 2.85. The summed E-state index contributed by atoms with van der Waals surface area (Å²) in [4.78, 5) is 0. The highest BCUT2D eigenvalue weighted by Gasteiger charge is 2.15. The molecule has 0 bridgehead atoms. The zero-order valence-corrected chi connectivity index (χ0v) is 11.4. The van der Waals surface area contributed by atoms with Crippen LogP contribution in [0.4, 0.5) is 0 Å². The summed E-state index contributed by atoms with van der Waals surface area (Å²) in [5.74, 6) is 0. The molecule has 0 heterocycles. The molecule has 0 unspecified atom stereocenters. The second-order valence-electron chi connectivity index (χ2n) is 4.63. The predicted octanol–water partition coefficient (Wildman–Crippen LogP) is 3.36. The molecule has 0 saturated heterocycles. The lowest BCUT2D eigenvalue weighted by Crippen LogP contribution is -2.17. The SMILES string of the molecule is Cc1ccc(C(=N/O)/C(=N/O)c2ccc(C)cc2)cc1. The topological polar surface area (TPSA) is 65.2 Å². The van der Waals surface area contributed by atoms with E-state index in [1.807, 2.05) is 62.4 Å². The van der Waals surface area contributed by atoms with Crippen LogP contribution in [-0.4, -0.2) is 21.8 Å². The van der Waals surface area contributed by atoms with Crippen molar-refractivity contribution in [3.8, 4) is 0 Å². The van der Waals surface area contributed by atoms with Crippen LogP contribution in [0.1, 0.15) is 22.3 Å². The molecule has 0 aliphatic rings. The smallest absolute Gasteiger partial charge is 0.139 e. The van der Waals surface area contributed by atoms with E-state index in [0.717, 1.165) is 11.1 Å². The van der Waals surface area contributed by atoms with Crippen molar-refractivity contribution in [2.75, 3.05) is 0 Å². The minimum Gasteiger partial charge on any atom is -0.410 e. The van der Waals surface area contributed by atoms with Gasteiger partial charge in [0, 0.05) is 11.1 Å². The van der Waals surface area contributed by atoms with Crippen molar-refractivity contribution in [2.45, 2.75) is 13.8 Å². The van der Waals surface area contributed by atoms with Gasteiger partial charge in [-0.15, -0.1) is 0 Å². The summed E-state index contributed by atoms with van der Waals surface area (Å²) >= 11 is 0. The fourth-order valence-electron chi connectivity index (χ4n) is 1.91. The van der Waals surface area contributed by atoms with Crippen LogP contribution < -0.4 is 0 Å². The Kier molecular flexibility index (Phi) is 4.15. The molecular formula is C16H16N2O2. The molecule has 0 amide bonds. The minimum absolute atomic E-state index is 0.233. The van der Waals surface area contributed by atoms with E-state index in [2.05, 4.69) is 10.3 Å². The maximum atomic E-state index is 9.26. The highest BCUT2D eigenvalue weighted by Crippen LogP contribution is 2.12. The van der Waals surface area contributed by atoms with Crippen molar-refractivity contribution < 1.29 is 10.4 Å². The van der Waals surface area contributed by atoms with Crippen molar-refractivity contribution >= 4 is 11.4 Å². The van der Waals surface area contributed by atoms with Crippen molar-refractivity contribution in [2.24, 2.45) is 10.3 Å². The Hall–Kier alpha value is -2.62. The molecule has 102 valence electrons. The number of rotatable bonds is 3. The van der Waals surface area contributed by atoms with Gasteiger partial charge in [0.25, 0.3) is 0 Å². The molecule has 4 heteroatoms. The van der Waals surface area contributed by atoms with Crippen molar-refractivity contribution in [1.82, 2.24) is 0 Å². The average molecular weight is 268 g/mol. The lowest BCUT2D eigenvalue weighted by atomic mass is 9.98. The molecule has 0 saturated carbocycles. The summed E-state index contributed by atoms with van der Waals surface area (Å²) in [6.45, 7) is 3.95. The van der Waals surface area contributed by atoms with E-state index in [1.165, 1.54) is 0 Å². The van der Waals surface area contributed by atoms with E-state index >= 15 is 0 Å². The third-order valence-electron chi connectivity index (χ3n) is 3.07. The zero-order chi connectivity index (χ0) is 14.5. The van der Waals surface area contributed by atoms with Crippen LogP contribution in [0.25, 0.3) is 0 Å². The number of hydrogen-bond donors (Lipinski definition) is 2. The second-order valence-corrected chi connectivity index (χ2v) is 4.63. The summed E-state index contributed by atoms with van der Waals surface area (Å²) in [5, 5.41) is 25.1. The molecule has 2 aromatic rings. The first-order valence-electron chi connectivity index (χ1n) is 6.24. The molecule has 0 aliphatic heterocycles. The van der Waals surface area contributed by atoms with Gasteiger partial charge < -0.3 is 10.4 Å². The van der Waals surface area contributed by atoms with Crippen LogP contribution in [0.3, 0.4) is 0 Å². The molecule has 0 aromatic heterocycles.